The number of carbonyl (C=O) groups is 1. The fourth-order valence-electron chi connectivity index (χ4n) is 2.30. The van der Waals surface area contributed by atoms with Crippen molar-refractivity contribution >= 4 is 11.9 Å². The first-order chi connectivity index (χ1) is 10.1. The molecule has 1 aromatic rings. The van der Waals surface area contributed by atoms with Crippen molar-refractivity contribution in [2.75, 3.05) is 31.1 Å². The molecule has 2 rings (SSSR count). The molecule has 6 heteroatoms. The molecule has 1 N–H and O–H groups in total. The predicted molar refractivity (Wildman–Crippen MR) is 87.3 cm³/mol. The zero-order valence-corrected chi connectivity index (χ0v) is 14.6. The molecule has 1 aromatic heterocycles. The Morgan fingerprint density at radius 3 is 2.18 bits per heavy atom. The van der Waals surface area contributed by atoms with Gasteiger partial charge in [0.05, 0.1) is 0 Å². The van der Waals surface area contributed by atoms with Crippen LogP contribution in [0.5, 0.6) is 0 Å². The molecule has 0 saturated carbocycles. The maximum Gasteiger partial charge on any atom is 0.410 e. The number of nitrogens with zero attached hydrogens (tertiary/aromatic N) is 3. The molecule has 0 bridgehead atoms. The number of amides is 1. The van der Waals surface area contributed by atoms with Gasteiger partial charge in [-0.1, -0.05) is 20.8 Å². The zero-order valence-electron chi connectivity index (χ0n) is 14.6. The Labute approximate surface area is 132 Å². The van der Waals surface area contributed by atoms with E-state index in [1.165, 1.54) is 0 Å². The van der Waals surface area contributed by atoms with Gasteiger partial charge in [0.2, 0.25) is 0 Å². The molecule has 6 nitrogen and oxygen atoms in total. The highest BCUT2D eigenvalue weighted by Crippen LogP contribution is 2.24. The van der Waals surface area contributed by atoms with Gasteiger partial charge in [0.25, 0.3) is 0 Å². The zero-order chi connectivity index (χ0) is 16.5. The Kier molecular flexibility index (Phi) is 4.40. The highest BCUT2D eigenvalue weighted by atomic mass is 16.6. The first kappa shape index (κ1) is 16.6. The minimum absolute atomic E-state index is 0.0591. The summed E-state index contributed by atoms with van der Waals surface area (Å²) in [5.41, 5.74) is 0.735. The summed E-state index contributed by atoms with van der Waals surface area (Å²) in [6.07, 6.45) is -0.232. The van der Waals surface area contributed by atoms with Crippen LogP contribution in [0.1, 0.15) is 47.2 Å². The van der Waals surface area contributed by atoms with E-state index in [1.807, 2.05) is 20.8 Å². The lowest BCUT2D eigenvalue weighted by Crippen LogP contribution is -2.50. The van der Waals surface area contributed by atoms with Gasteiger partial charge in [-0.3, -0.25) is 5.10 Å². The summed E-state index contributed by atoms with van der Waals surface area (Å²) in [5, 5.41) is 7.51. The second-order valence-corrected chi connectivity index (χ2v) is 7.84. The van der Waals surface area contributed by atoms with E-state index in [0.717, 1.165) is 24.6 Å². The molecule has 0 aromatic carbocycles. The SMILES string of the molecule is CC(C)(C)OC(=O)N1CCN(c2cc(C(C)(C)C)[nH]n2)CC1. The van der Waals surface area contributed by atoms with Crippen molar-refractivity contribution in [3.05, 3.63) is 11.8 Å². The lowest BCUT2D eigenvalue weighted by Gasteiger charge is -2.35. The van der Waals surface area contributed by atoms with Crippen molar-refractivity contribution in [2.24, 2.45) is 0 Å². The number of hydrogen-bond donors (Lipinski definition) is 1. The number of carbonyl (C=O) groups excluding carboxylic acids is 1. The Bertz CT molecular complexity index is 517. The van der Waals surface area contributed by atoms with E-state index in [0.29, 0.717) is 13.1 Å². The summed E-state index contributed by atoms with van der Waals surface area (Å²) >= 11 is 0. The standard InChI is InChI=1S/C16H28N4O2/c1-15(2,3)12-11-13(18-17-12)19-7-9-20(10-8-19)14(21)22-16(4,5)6/h11H,7-10H2,1-6H3,(H,17,18). The second-order valence-electron chi connectivity index (χ2n) is 7.84. The molecule has 1 amide bonds. The highest BCUT2D eigenvalue weighted by molar-refractivity contribution is 5.68. The first-order valence-electron chi connectivity index (χ1n) is 7.85. The fraction of sp³-hybridized carbons (Fsp3) is 0.750. The molecular weight excluding hydrogens is 280 g/mol. The van der Waals surface area contributed by atoms with Gasteiger partial charge in [-0.15, -0.1) is 0 Å². The number of anilines is 1. The number of rotatable bonds is 1. The molecule has 2 heterocycles. The van der Waals surface area contributed by atoms with Gasteiger partial charge in [0.15, 0.2) is 5.82 Å². The third kappa shape index (κ3) is 4.15. The number of hydrogen-bond acceptors (Lipinski definition) is 4. The maximum absolute atomic E-state index is 12.1. The molecular formula is C16H28N4O2. The summed E-state index contributed by atoms with van der Waals surface area (Å²) in [5.74, 6) is 0.953. The molecule has 0 spiro atoms. The first-order valence-corrected chi connectivity index (χ1v) is 7.85. The van der Waals surface area contributed by atoms with Crippen molar-refractivity contribution < 1.29 is 9.53 Å². The van der Waals surface area contributed by atoms with Crippen LogP contribution >= 0.6 is 0 Å². The van der Waals surface area contributed by atoms with E-state index in [1.54, 1.807) is 4.90 Å². The van der Waals surface area contributed by atoms with Crippen LogP contribution in [0.2, 0.25) is 0 Å². The van der Waals surface area contributed by atoms with Crippen LogP contribution < -0.4 is 4.90 Å². The molecule has 0 atom stereocenters. The lowest BCUT2D eigenvalue weighted by molar-refractivity contribution is 0.0240. The number of H-pyrrole nitrogens is 1. The van der Waals surface area contributed by atoms with Crippen molar-refractivity contribution in [1.29, 1.82) is 0 Å². The average molecular weight is 308 g/mol. The number of aromatic amines is 1. The van der Waals surface area contributed by atoms with Gasteiger partial charge in [0, 0.05) is 43.4 Å². The fourth-order valence-corrected chi connectivity index (χ4v) is 2.30. The van der Waals surface area contributed by atoms with E-state index in [4.69, 9.17) is 4.74 Å². The Balaban J connectivity index is 1.92. The molecule has 0 aliphatic carbocycles. The van der Waals surface area contributed by atoms with Crippen LogP contribution in [-0.4, -0.2) is 53.0 Å². The third-order valence-corrected chi connectivity index (χ3v) is 3.63. The van der Waals surface area contributed by atoms with E-state index in [9.17, 15) is 4.79 Å². The number of nitrogens with one attached hydrogen (secondary N) is 1. The van der Waals surface area contributed by atoms with Crippen LogP contribution in [-0.2, 0) is 10.2 Å². The summed E-state index contributed by atoms with van der Waals surface area (Å²) in [6.45, 7) is 15.0. The topological polar surface area (TPSA) is 61.5 Å². The van der Waals surface area contributed by atoms with E-state index in [-0.39, 0.29) is 11.5 Å². The molecule has 22 heavy (non-hydrogen) atoms. The highest BCUT2D eigenvalue weighted by Gasteiger charge is 2.27. The minimum Gasteiger partial charge on any atom is -0.444 e. The summed E-state index contributed by atoms with van der Waals surface area (Å²) in [6, 6.07) is 2.10. The lowest BCUT2D eigenvalue weighted by atomic mass is 9.92. The van der Waals surface area contributed by atoms with Gasteiger partial charge in [-0.05, 0) is 20.8 Å². The number of piperazine rings is 1. The Hall–Kier alpha value is -1.72. The predicted octanol–water partition coefficient (Wildman–Crippen LogP) is 2.76. The smallest absolute Gasteiger partial charge is 0.410 e. The molecule has 124 valence electrons. The van der Waals surface area contributed by atoms with Gasteiger partial charge >= 0.3 is 6.09 Å². The molecule has 1 aliphatic heterocycles. The van der Waals surface area contributed by atoms with E-state index < -0.39 is 5.60 Å². The molecule has 0 radical (unpaired) electrons. The van der Waals surface area contributed by atoms with Gasteiger partial charge in [0.1, 0.15) is 5.60 Å². The minimum atomic E-state index is -0.446. The second kappa shape index (κ2) is 5.82. The van der Waals surface area contributed by atoms with Crippen LogP contribution in [0.25, 0.3) is 0 Å². The molecule has 1 fully saturated rings. The quantitative estimate of drug-likeness (QED) is 0.866. The van der Waals surface area contributed by atoms with E-state index in [2.05, 4.69) is 41.9 Å². The third-order valence-electron chi connectivity index (χ3n) is 3.63. The molecule has 0 unspecified atom stereocenters. The van der Waals surface area contributed by atoms with Gasteiger partial charge < -0.3 is 14.5 Å². The monoisotopic (exact) mass is 308 g/mol. The summed E-state index contributed by atoms with van der Waals surface area (Å²) in [4.78, 5) is 16.0. The van der Waals surface area contributed by atoms with Crippen molar-refractivity contribution in [3.8, 4) is 0 Å². The van der Waals surface area contributed by atoms with Crippen LogP contribution in [0, 0.1) is 0 Å². The Morgan fingerprint density at radius 1 is 1.14 bits per heavy atom. The summed E-state index contributed by atoms with van der Waals surface area (Å²) in [7, 11) is 0. The van der Waals surface area contributed by atoms with Crippen molar-refractivity contribution in [2.45, 2.75) is 52.6 Å². The van der Waals surface area contributed by atoms with Crippen LogP contribution in [0.3, 0.4) is 0 Å². The maximum atomic E-state index is 12.1. The van der Waals surface area contributed by atoms with Crippen LogP contribution in [0.4, 0.5) is 10.6 Å². The summed E-state index contributed by atoms with van der Waals surface area (Å²) < 4.78 is 5.41. The van der Waals surface area contributed by atoms with Crippen molar-refractivity contribution in [1.82, 2.24) is 15.1 Å². The van der Waals surface area contributed by atoms with Crippen molar-refractivity contribution in [3.63, 3.8) is 0 Å². The van der Waals surface area contributed by atoms with Gasteiger partial charge in [-0.2, -0.15) is 5.10 Å². The van der Waals surface area contributed by atoms with Gasteiger partial charge in [-0.25, -0.2) is 4.79 Å². The van der Waals surface area contributed by atoms with Crippen LogP contribution in [0.15, 0.2) is 6.07 Å². The number of ether oxygens (including phenoxy) is 1. The number of aromatic nitrogens is 2. The Morgan fingerprint density at radius 2 is 1.73 bits per heavy atom. The largest absolute Gasteiger partial charge is 0.444 e. The molecule has 1 saturated heterocycles. The molecule has 1 aliphatic rings. The van der Waals surface area contributed by atoms with E-state index >= 15 is 0 Å². The average Bonchev–Trinajstić information content (AvgIpc) is 2.86. The normalized spacial score (nSPS) is 16.8.